The fraction of sp³-hybridized carbons (Fsp3) is 0.455. The van der Waals surface area contributed by atoms with Crippen molar-refractivity contribution in [1.29, 1.82) is 0 Å². The molecule has 0 spiro atoms. The second-order valence-electron chi connectivity index (χ2n) is 3.55. The summed E-state index contributed by atoms with van der Waals surface area (Å²) in [7, 11) is 0. The zero-order valence-electron chi connectivity index (χ0n) is 7.95. The van der Waals surface area contributed by atoms with Crippen molar-refractivity contribution in [2.24, 2.45) is 0 Å². The van der Waals surface area contributed by atoms with Gasteiger partial charge in [-0.3, -0.25) is 0 Å². The molecule has 0 aliphatic carbocycles. The number of hydrogen-bond donors (Lipinski definition) is 1. The monoisotopic (exact) mass is 178 g/mol. The molecule has 2 nitrogen and oxygen atoms in total. The van der Waals surface area contributed by atoms with Gasteiger partial charge >= 0.3 is 0 Å². The van der Waals surface area contributed by atoms with Crippen LogP contribution in [0.1, 0.15) is 30.6 Å². The van der Waals surface area contributed by atoms with Gasteiger partial charge in [0, 0.05) is 5.56 Å². The molecule has 0 aromatic heterocycles. The van der Waals surface area contributed by atoms with Crippen molar-refractivity contribution < 1.29 is 9.84 Å². The highest BCUT2D eigenvalue weighted by Gasteiger charge is 2.30. The van der Waals surface area contributed by atoms with E-state index in [0.717, 1.165) is 17.7 Å². The lowest BCUT2D eigenvalue weighted by Gasteiger charge is -2.10. The van der Waals surface area contributed by atoms with Crippen LogP contribution in [0, 0.1) is 6.92 Å². The van der Waals surface area contributed by atoms with Crippen molar-refractivity contribution in [3.63, 3.8) is 0 Å². The molecule has 1 aromatic carbocycles. The second-order valence-corrected chi connectivity index (χ2v) is 3.55. The number of aliphatic hydroxyl groups is 1. The van der Waals surface area contributed by atoms with Crippen LogP contribution < -0.4 is 4.74 Å². The van der Waals surface area contributed by atoms with Gasteiger partial charge in [0.2, 0.25) is 0 Å². The van der Waals surface area contributed by atoms with Crippen molar-refractivity contribution in [3.05, 3.63) is 29.3 Å². The van der Waals surface area contributed by atoms with E-state index in [1.54, 1.807) is 0 Å². The fourth-order valence-electron chi connectivity index (χ4n) is 1.72. The van der Waals surface area contributed by atoms with E-state index in [0.29, 0.717) is 0 Å². The second kappa shape index (κ2) is 3.04. The summed E-state index contributed by atoms with van der Waals surface area (Å²) in [6.07, 6.45) is 0.340. The molecule has 0 saturated heterocycles. The third-order valence-electron chi connectivity index (χ3n) is 2.52. The summed E-state index contributed by atoms with van der Waals surface area (Å²) in [4.78, 5) is 0. The van der Waals surface area contributed by atoms with Crippen molar-refractivity contribution in [1.82, 2.24) is 0 Å². The lowest BCUT2D eigenvalue weighted by molar-refractivity contribution is 0.0653. The highest BCUT2D eigenvalue weighted by molar-refractivity contribution is 5.42. The Morgan fingerprint density at radius 2 is 2.23 bits per heavy atom. The van der Waals surface area contributed by atoms with Crippen LogP contribution in [0.4, 0.5) is 0 Å². The number of aryl methyl sites for hydroxylation is 1. The van der Waals surface area contributed by atoms with Gasteiger partial charge < -0.3 is 9.84 Å². The molecule has 2 heteroatoms. The SMILES string of the molecule is CCC1Oc2cc(C)ccc2C1O. The summed E-state index contributed by atoms with van der Waals surface area (Å²) >= 11 is 0. The van der Waals surface area contributed by atoms with E-state index >= 15 is 0 Å². The van der Waals surface area contributed by atoms with E-state index in [1.807, 2.05) is 32.0 Å². The summed E-state index contributed by atoms with van der Waals surface area (Å²) in [5.74, 6) is 0.847. The zero-order valence-corrected chi connectivity index (χ0v) is 7.95. The van der Waals surface area contributed by atoms with Crippen LogP contribution in [0.25, 0.3) is 0 Å². The molecule has 2 unspecified atom stereocenters. The van der Waals surface area contributed by atoms with Gasteiger partial charge in [-0.2, -0.15) is 0 Å². The summed E-state index contributed by atoms with van der Waals surface area (Å²) in [5.41, 5.74) is 2.10. The number of benzene rings is 1. The van der Waals surface area contributed by atoms with Gasteiger partial charge in [-0.15, -0.1) is 0 Å². The summed E-state index contributed by atoms with van der Waals surface area (Å²) in [6.45, 7) is 4.04. The van der Waals surface area contributed by atoms with E-state index < -0.39 is 6.10 Å². The van der Waals surface area contributed by atoms with Gasteiger partial charge in [0.25, 0.3) is 0 Å². The lowest BCUT2D eigenvalue weighted by atomic mass is 10.0. The predicted octanol–water partition coefficient (Wildman–Crippen LogP) is 2.20. The van der Waals surface area contributed by atoms with Gasteiger partial charge in [0.15, 0.2) is 0 Å². The Morgan fingerprint density at radius 3 is 2.92 bits per heavy atom. The van der Waals surface area contributed by atoms with Gasteiger partial charge in [0.1, 0.15) is 18.0 Å². The van der Waals surface area contributed by atoms with Crippen LogP contribution in [-0.4, -0.2) is 11.2 Å². The highest BCUT2D eigenvalue weighted by Crippen LogP contribution is 2.37. The molecule has 0 radical (unpaired) electrons. The largest absolute Gasteiger partial charge is 0.487 e. The number of aliphatic hydroxyl groups excluding tert-OH is 1. The predicted molar refractivity (Wildman–Crippen MR) is 50.8 cm³/mol. The Balaban J connectivity index is 2.38. The number of rotatable bonds is 1. The van der Waals surface area contributed by atoms with E-state index in [4.69, 9.17) is 4.74 Å². The topological polar surface area (TPSA) is 29.5 Å². The Labute approximate surface area is 78.2 Å². The molecule has 0 fully saturated rings. The first-order valence-corrected chi connectivity index (χ1v) is 4.67. The Bertz CT molecular complexity index is 320. The molecule has 2 atom stereocenters. The molecular weight excluding hydrogens is 164 g/mol. The maximum atomic E-state index is 9.81. The molecule has 13 heavy (non-hydrogen) atoms. The molecule has 70 valence electrons. The quantitative estimate of drug-likeness (QED) is 0.714. The Hall–Kier alpha value is -1.02. The summed E-state index contributed by atoms with van der Waals surface area (Å²) in [5, 5.41) is 9.81. The summed E-state index contributed by atoms with van der Waals surface area (Å²) < 4.78 is 5.60. The first-order valence-electron chi connectivity index (χ1n) is 4.67. The smallest absolute Gasteiger partial charge is 0.129 e. The molecule has 1 heterocycles. The van der Waals surface area contributed by atoms with Crippen molar-refractivity contribution in [3.8, 4) is 5.75 Å². The van der Waals surface area contributed by atoms with Crippen molar-refractivity contribution >= 4 is 0 Å². The number of fused-ring (bicyclic) bond motifs is 1. The Morgan fingerprint density at radius 1 is 1.46 bits per heavy atom. The summed E-state index contributed by atoms with van der Waals surface area (Å²) in [6, 6.07) is 5.93. The third kappa shape index (κ3) is 1.31. The van der Waals surface area contributed by atoms with Crippen LogP contribution in [0.15, 0.2) is 18.2 Å². The molecule has 1 aliphatic rings. The Kier molecular flexibility index (Phi) is 2.00. The van der Waals surface area contributed by atoms with E-state index in [-0.39, 0.29) is 6.10 Å². The molecule has 2 rings (SSSR count). The van der Waals surface area contributed by atoms with Gasteiger partial charge in [-0.1, -0.05) is 19.1 Å². The van der Waals surface area contributed by atoms with E-state index in [9.17, 15) is 5.11 Å². The van der Waals surface area contributed by atoms with Crippen LogP contribution >= 0.6 is 0 Å². The minimum Gasteiger partial charge on any atom is -0.487 e. The maximum absolute atomic E-state index is 9.81. The first-order chi connectivity index (χ1) is 6.22. The van der Waals surface area contributed by atoms with E-state index in [2.05, 4.69) is 0 Å². The minimum absolute atomic E-state index is 0.0585. The molecule has 0 bridgehead atoms. The van der Waals surface area contributed by atoms with Crippen molar-refractivity contribution in [2.45, 2.75) is 32.5 Å². The van der Waals surface area contributed by atoms with Gasteiger partial charge in [-0.05, 0) is 25.0 Å². The average Bonchev–Trinajstić information content (AvgIpc) is 2.42. The van der Waals surface area contributed by atoms with Crippen LogP contribution in [0.3, 0.4) is 0 Å². The molecular formula is C11H14O2. The van der Waals surface area contributed by atoms with Crippen LogP contribution in [-0.2, 0) is 0 Å². The number of hydrogen-bond acceptors (Lipinski definition) is 2. The molecule has 1 N–H and O–H groups in total. The number of ether oxygens (including phenoxy) is 1. The molecule has 1 aromatic rings. The highest BCUT2D eigenvalue weighted by atomic mass is 16.5. The lowest BCUT2D eigenvalue weighted by Crippen LogP contribution is -2.16. The standard InChI is InChI=1S/C11H14O2/c1-3-9-11(12)8-5-4-7(2)6-10(8)13-9/h4-6,9,11-12H,3H2,1-2H3. The first kappa shape index (κ1) is 8.57. The average molecular weight is 178 g/mol. The van der Waals surface area contributed by atoms with Crippen molar-refractivity contribution in [2.75, 3.05) is 0 Å². The minimum atomic E-state index is -0.444. The van der Waals surface area contributed by atoms with Gasteiger partial charge in [0.05, 0.1) is 0 Å². The zero-order chi connectivity index (χ0) is 9.42. The third-order valence-corrected chi connectivity index (χ3v) is 2.52. The molecule has 0 amide bonds. The fourth-order valence-corrected chi connectivity index (χ4v) is 1.72. The van der Waals surface area contributed by atoms with Gasteiger partial charge in [-0.25, -0.2) is 0 Å². The van der Waals surface area contributed by atoms with Crippen LogP contribution in [0.2, 0.25) is 0 Å². The van der Waals surface area contributed by atoms with Crippen LogP contribution in [0.5, 0.6) is 5.75 Å². The normalized spacial score (nSPS) is 25.5. The maximum Gasteiger partial charge on any atom is 0.129 e. The molecule has 0 saturated carbocycles. The van der Waals surface area contributed by atoms with E-state index in [1.165, 1.54) is 5.56 Å². The molecule has 1 aliphatic heterocycles.